The fraction of sp³-hybridized carbons (Fsp3) is 0.412. The molecular formula is C68H85N5O15S4+2. The number of allylic oxidation sites excluding steroid dienone is 12. The summed E-state index contributed by atoms with van der Waals surface area (Å²) in [5, 5.41) is 38.0. The number of carbonyl (C=O) groups is 2. The second kappa shape index (κ2) is 30.3. The molecule has 0 radical (unpaired) electrons. The van der Waals surface area contributed by atoms with Gasteiger partial charge in [0.1, 0.15) is 6.54 Å². The molecule has 4 aromatic rings. The molecule has 0 aromatic heterocycles. The van der Waals surface area contributed by atoms with Crippen molar-refractivity contribution < 1.29 is 79.0 Å². The number of hydrogen-bond acceptors (Lipinski definition) is 16. The molecule has 4 aromatic carbocycles. The van der Waals surface area contributed by atoms with Gasteiger partial charge in [0.15, 0.2) is 18.0 Å². The van der Waals surface area contributed by atoms with Gasteiger partial charge in [0, 0.05) is 105 Å². The minimum absolute atomic E-state index is 0.0904. The number of hydrogen-bond donors (Lipinski definition) is 6. The lowest BCUT2D eigenvalue weighted by atomic mass is 9.75. The molecule has 0 spiro atoms. The van der Waals surface area contributed by atoms with Crippen LogP contribution >= 0.6 is 24.1 Å². The second-order valence-corrected chi connectivity index (χ2v) is 29.0. The van der Waals surface area contributed by atoms with Crippen LogP contribution < -0.4 is 15.1 Å². The number of likely N-dealkylation sites (N-methyl/N-ethyl adjacent to an activating group) is 2. The van der Waals surface area contributed by atoms with Crippen LogP contribution in [0.1, 0.15) is 149 Å². The minimum atomic E-state index is -4.52. The Morgan fingerprint density at radius 1 is 0.565 bits per heavy atom. The number of rotatable bonds is 32. The van der Waals surface area contributed by atoms with Crippen molar-refractivity contribution in [1.29, 1.82) is 0 Å². The highest BCUT2D eigenvalue weighted by atomic mass is 32.2. The number of carboxylic acids is 1. The highest BCUT2D eigenvalue weighted by molar-refractivity contribution is 7.94. The molecule has 8 rings (SSSR count). The summed E-state index contributed by atoms with van der Waals surface area (Å²) in [6.07, 6.45) is 26.0. The SMILES string of the molecule is CCN1/C(=C/C=C/C=C/C2=[N+](CCNC(=O)CCCCCC3(C)\C(=C/C=C/C=C/C4=[N+](CC)c5ccc(SOOO)cc5C4(C)CCCCCC(=O)O)N(CC)c4ccc(S(=O)(=O)O)cc43)c3ccc(SOOO)cc3C2(C)C)C(C)(C)c2cc(S(=O)(=O)O)ccc21. The Kier molecular flexibility index (Phi) is 23.5. The number of aliphatic carboxylic acids is 1. The zero-order valence-electron chi connectivity index (χ0n) is 53.5. The summed E-state index contributed by atoms with van der Waals surface area (Å²) >= 11 is 1.77. The molecule has 24 heteroatoms. The Morgan fingerprint density at radius 3 is 1.63 bits per heavy atom. The number of nitrogens with one attached hydrogen (secondary N) is 1. The molecule has 4 heterocycles. The molecule has 2 unspecified atom stereocenters. The van der Waals surface area contributed by atoms with Crippen molar-refractivity contribution in [2.75, 3.05) is 42.5 Å². The monoisotopic (exact) mass is 1340 g/mol. The van der Waals surface area contributed by atoms with E-state index in [4.69, 9.17) is 19.2 Å². The smallest absolute Gasteiger partial charge is 0.303 e. The van der Waals surface area contributed by atoms with Crippen molar-refractivity contribution in [2.24, 2.45) is 0 Å². The van der Waals surface area contributed by atoms with Crippen molar-refractivity contribution in [3.63, 3.8) is 0 Å². The van der Waals surface area contributed by atoms with E-state index >= 15 is 0 Å². The van der Waals surface area contributed by atoms with Crippen LogP contribution in [0, 0.1) is 0 Å². The van der Waals surface area contributed by atoms with Gasteiger partial charge in [-0.3, -0.25) is 18.7 Å². The van der Waals surface area contributed by atoms with E-state index < -0.39 is 47.9 Å². The maximum absolute atomic E-state index is 13.6. The van der Waals surface area contributed by atoms with Gasteiger partial charge in [-0.2, -0.15) is 26.0 Å². The second-order valence-electron chi connectivity index (χ2n) is 24.6. The molecule has 0 saturated carbocycles. The minimum Gasteiger partial charge on any atom is -0.481 e. The zero-order valence-corrected chi connectivity index (χ0v) is 56.8. The molecule has 494 valence electrons. The Balaban J connectivity index is 0.954. The molecule has 1 amide bonds. The Hall–Kier alpha value is -6.52. The van der Waals surface area contributed by atoms with Crippen molar-refractivity contribution in [3.8, 4) is 0 Å². The lowest BCUT2D eigenvalue weighted by molar-refractivity contribution is -0.435. The highest BCUT2D eigenvalue weighted by Crippen LogP contribution is 2.52. The summed E-state index contributed by atoms with van der Waals surface area (Å²) in [7, 11) is -8.91. The molecule has 20 nitrogen and oxygen atoms in total. The maximum atomic E-state index is 13.6. The molecular weight excluding hydrogens is 1260 g/mol. The van der Waals surface area contributed by atoms with E-state index in [0.717, 1.165) is 116 Å². The van der Waals surface area contributed by atoms with E-state index in [1.165, 1.54) is 18.2 Å². The Bertz CT molecular complexity index is 3930. The summed E-state index contributed by atoms with van der Waals surface area (Å²) in [6.45, 7) is 21.5. The summed E-state index contributed by atoms with van der Waals surface area (Å²) in [4.78, 5) is 30.3. The number of unbranched alkanes of at least 4 members (excludes halogenated alkanes) is 4. The first kappa shape index (κ1) is 71.3. The Labute approximate surface area is 549 Å². The number of fused-ring (bicyclic) bond motifs is 4. The lowest BCUT2D eigenvalue weighted by Crippen LogP contribution is -2.32. The maximum Gasteiger partial charge on any atom is 0.303 e. The van der Waals surface area contributed by atoms with E-state index in [2.05, 4.69) is 87.2 Å². The first-order valence-electron chi connectivity index (χ1n) is 31.0. The van der Waals surface area contributed by atoms with Crippen LogP contribution in [0.3, 0.4) is 0 Å². The predicted octanol–water partition coefficient (Wildman–Crippen LogP) is 14.2. The van der Waals surface area contributed by atoms with Crippen LogP contribution in [-0.2, 0) is 70.2 Å². The number of carbonyl (C=O) groups excluding carboxylic acids is 1. The molecule has 0 bridgehead atoms. The summed E-state index contributed by atoms with van der Waals surface area (Å²) in [5.74, 6) is -0.905. The largest absolute Gasteiger partial charge is 0.481 e. The van der Waals surface area contributed by atoms with E-state index in [0.29, 0.717) is 76.1 Å². The molecule has 92 heavy (non-hydrogen) atoms. The number of anilines is 2. The average molecular weight is 1340 g/mol. The highest BCUT2D eigenvalue weighted by Gasteiger charge is 2.48. The quantitative estimate of drug-likeness (QED) is 0.00505. The van der Waals surface area contributed by atoms with E-state index in [9.17, 15) is 40.6 Å². The third-order valence-electron chi connectivity index (χ3n) is 18.3. The standard InChI is InChI=1S/C68H83N5O15S4/c1-10-70-55-37-33-49(91(79,80)81)45-52(55)66(6,7)59(70)25-17-13-18-26-60-65(4,5)51-43-47(89-87-85-77)31-35-56(51)73(60)42-41-69-63(74)29-21-15-23-40-68(9)54-46-50(92(82,83)84)34-38-58(54)72(12-3)62(68)28-20-14-19-27-61-67(8,39-24-16-22-30-64(75)76)53-44-48(90-88-86-78)32-36-57(53)71(61)11-2/h13-14,17-20,25-28,31-38,43-46H,10-12,15-16,21-24,29-30,39-42H2,1-9H3,(H4-2,69,74,75,76,77,78,79,80,81,82,83,84)/p+2. The first-order valence-corrected chi connectivity index (χ1v) is 35.3. The van der Waals surface area contributed by atoms with Crippen molar-refractivity contribution in [3.05, 3.63) is 167 Å². The molecule has 0 saturated heterocycles. The van der Waals surface area contributed by atoms with Gasteiger partial charge >= 0.3 is 5.97 Å². The van der Waals surface area contributed by atoms with Crippen molar-refractivity contribution >= 4 is 90.4 Å². The Morgan fingerprint density at radius 2 is 1.08 bits per heavy atom. The molecule has 4 aliphatic heterocycles. The van der Waals surface area contributed by atoms with Crippen LogP contribution in [0.5, 0.6) is 0 Å². The third-order valence-corrected chi connectivity index (χ3v) is 21.1. The van der Waals surface area contributed by atoms with Crippen LogP contribution in [0.15, 0.2) is 165 Å². The number of amides is 1. The zero-order chi connectivity index (χ0) is 66.8. The van der Waals surface area contributed by atoms with Crippen LogP contribution in [0.25, 0.3) is 0 Å². The fourth-order valence-electron chi connectivity index (χ4n) is 13.7. The summed E-state index contributed by atoms with van der Waals surface area (Å²) < 4.78 is 83.3. The summed E-state index contributed by atoms with van der Waals surface area (Å²) in [5.41, 5.74) is 9.18. The molecule has 0 fully saturated rings. The molecule has 4 aliphatic rings. The summed E-state index contributed by atoms with van der Waals surface area (Å²) in [6, 6.07) is 21.2. The van der Waals surface area contributed by atoms with E-state index in [1.54, 1.807) is 18.2 Å². The van der Waals surface area contributed by atoms with Gasteiger partial charge in [0.2, 0.25) is 17.3 Å². The van der Waals surface area contributed by atoms with Gasteiger partial charge in [-0.1, -0.05) is 86.1 Å². The number of nitrogens with zero attached hydrogens (tertiary/aromatic N) is 4. The van der Waals surface area contributed by atoms with Crippen LogP contribution in [-0.4, -0.2) is 107 Å². The van der Waals surface area contributed by atoms with Crippen LogP contribution in [0.4, 0.5) is 22.7 Å². The van der Waals surface area contributed by atoms with Gasteiger partial charge in [0.25, 0.3) is 20.2 Å². The van der Waals surface area contributed by atoms with Crippen LogP contribution in [0.2, 0.25) is 0 Å². The molecule has 2 atom stereocenters. The van der Waals surface area contributed by atoms with Gasteiger partial charge in [-0.15, -0.1) is 8.67 Å². The number of carboxylic acid groups (broad SMARTS) is 1. The fourth-order valence-corrected chi connectivity index (χ4v) is 15.5. The van der Waals surface area contributed by atoms with Gasteiger partial charge in [0.05, 0.1) is 51.3 Å². The number of benzene rings is 4. The van der Waals surface area contributed by atoms with Gasteiger partial charge in [-0.25, -0.2) is 10.5 Å². The van der Waals surface area contributed by atoms with E-state index in [1.807, 2.05) is 107 Å². The topological polar surface area (TPSA) is 265 Å². The molecule has 6 N–H and O–H groups in total. The molecule has 0 aliphatic carbocycles. The lowest BCUT2D eigenvalue weighted by Gasteiger charge is -2.30. The van der Waals surface area contributed by atoms with Crippen molar-refractivity contribution in [2.45, 2.75) is 168 Å². The van der Waals surface area contributed by atoms with Crippen molar-refractivity contribution in [1.82, 2.24) is 5.32 Å². The average Bonchev–Trinajstić information content (AvgIpc) is 1.61. The van der Waals surface area contributed by atoms with Gasteiger partial charge in [-0.05, 0) is 158 Å². The van der Waals surface area contributed by atoms with Gasteiger partial charge < -0.3 is 20.2 Å². The van der Waals surface area contributed by atoms with E-state index in [-0.39, 0.29) is 22.1 Å². The first-order chi connectivity index (χ1) is 43.7. The predicted molar refractivity (Wildman–Crippen MR) is 358 cm³/mol. The normalized spacial score (nSPS) is 20.1. The third kappa shape index (κ3) is 15.5.